The number of nitrogens with zero attached hydrogens (tertiary/aromatic N) is 5. The first-order valence-electron chi connectivity index (χ1n) is 9.63. The summed E-state index contributed by atoms with van der Waals surface area (Å²) in [5, 5.41) is 4.67. The highest BCUT2D eigenvalue weighted by Gasteiger charge is 2.33. The molecule has 2 aliphatic heterocycles. The van der Waals surface area contributed by atoms with Crippen LogP contribution in [0.5, 0.6) is 0 Å². The molecule has 29 heavy (non-hydrogen) atoms. The molecule has 2 aliphatic rings. The van der Waals surface area contributed by atoms with Gasteiger partial charge in [0.05, 0.1) is 11.4 Å². The zero-order chi connectivity index (χ0) is 20.2. The molecule has 3 aromatic rings. The highest BCUT2D eigenvalue weighted by molar-refractivity contribution is 5.69. The molecule has 0 radical (unpaired) electrons. The van der Waals surface area contributed by atoms with Crippen molar-refractivity contribution in [1.29, 1.82) is 0 Å². The highest BCUT2D eigenvalue weighted by Crippen LogP contribution is 2.36. The third kappa shape index (κ3) is 3.12. The Morgan fingerprint density at radius 3 is 2.55 bits per heavy atom. The summed E-state index contributed by atoms with van der Waals surface area (Å²) in [6.07, 6.45) is -0.913. The minimum atomic E-state index is -4.48. The summed E-state index contributed by atoms with van der Waals surface area (Å²) >= 11 is 0. The standard InChI is InChI=1S/C21H20F3N5/c1-27-13-15-4-5-16(28-8-2-3-9-28)11-18(15)29-20(27)12-17(26-29)14-6-7-25-19(10-14)21(22,23)24/h4-7,10-12H,2-3,8-9,13H2,1H3. The van der Waals surface area contributed by atoms with Gasteiger partial charge in [-0.1, -0.05) is 6.07 Å². The van der Waals surface area contributed by atoms with Crippen LogP contribution in [-0.2, 0) is 12.7 Å². The lowest BCUT2D eigenvalue weighted by Gasteiger charge is -2.29. The van der Waals surface area contributed by atoms with Crippen molar-refractivity contribution in [3.8, 4) is 16.9 Å². The molecule has 2 aromatic heterocycles. The van der Waals surface area contributed by atoms with Crippen molar-refractivity contribution in [2.24, 2.45) is 0 Å². The van der Waals surface area contributed by atoms with Gasteiger partial charge in [-0.05, 0) is 42.7 Å². The van der Waals surface area contributed by atoms with Crippen molar-refractivity contribution in [3.05, 3.63) is 53.9 Å². The molecule has 0 bridgehead atoms. The maximum absolute atomic E-state index is 13.1. The van der Waals surface area contributed by atoms with Gasteiger partial charge in [-0.25, -0.2) is 4.68 Å². The van der Waals surface area contributed by atoms with Crippen LogP contribution in [0, 0.1) is 0 Å². The van der Waals surface area contributed by atoms with Gasteiger partial charge in [0.1, 0.15) is 11.5 Å². The smallest absolute Gasteiger partial charge is 0.371 e. The molecule has 0 amide bonds. The van der Waals surface area contributed by atoms with Gasteiger partial charge < -0.3 is 9.80 Å². The molecule has 8 heteroatoms. The summed E-state index contributed by atoms with van der Waals surface area (Å²) in [5.74, 6) is 0.858. The van der Waals surface area contributed by atoms with E-state index >= 15 is 0 Å². The predicted octanol–water partition coefficient (Wildman–Crippen LogP) is 4.50. The van der Waals surface area contributed by atoms with Crippen LogP contribution in [0.2, 0.25) is 0 Å². The molecule has 1 fully saturated rings. The summed E-state index contributed by atoms with van der Waals surface area (Å²) < 4.78 is 41.0. The maximum atomic E-state index is 13.1. The average Bonchev–Trinajstić information content (AvgIpc) is 3.38. The van der Waals surface area contributed by atoms with E-state index in [1.165, 1.54) is 19.0 Å². The zero-order valence-corrected chi connectivity index (χ0v) is 15.9. The van der Waals surface area contributed by atoms with Gasteiger partial charge in [-0.2, -0.15) is 18.3 Å². The topological polar surface area (TPSA) is 37.2 Å². The lowest BCUT2D eigenvalue weighted by atomic mass is 10.1. The van der Waals surface area contributed by atoms with Crippen LogP contribution in [0.15, 0.2) is 42.6 Å². The summed E-state index contributed by atoms with van der Waals surface area (Å²) in [6, 6.07) is 10.9. The Labute approximate surface area is 166 Å². The normalized spacial score (nSPS) is 16.1. The van der Waals surface area contributed by atoms with Gasteiger partial charge >= 0.3 is 6.18 Å². The monoisotopic (exact) mass is 399 g/mol. The van der Waals surface area contributed by atoms with Gasteiger partial charge in [0, 0.05) is 50.2 Å². The second-order valence-corrected chi connectivity index (χ2v) is 7.59. The molecule has 5 rings (SSSR count). The molecule has 0 aliphatic carbocycles. The van der Waals surface area contributed by atoms with E-state index in [4.69, 9.17) is 0 Å². The molecule has 0 unspecified atom stereocenters. The van der Waals surface area contributed by atoms with Gasteiger partial charge in [-0.3, -0.25) is 4.98 Å². The van der Waals surface area contributed by atoms with Crippen LogP contribution in [-0.4, -0.2) is 34.9 Å². The number of anilines is 2. The van der Waals surface area contributed by atoms with E-state index in [1.807, 2.05) is 17.8 Å². The number of rotatable bonds is 2. The van der Waals surface area contributed by atoms with Crippen molar-refractivity contribution < 1.29 is 13.2 Å². The Morgan fingerprint density at radius 1 is 1.00 bits per heavy atom. The fourth-order valence-corrected chi connectivity index (χ4v) is 4.10. The molecule has 4 heterocycles. The molecule has 1 saturated heterocycles. The van der Waals surface area contributed by atoms with E-state index in [0.29, 0.717) is 11.3 Å². The molecular formula is C21H20F3N5. The first kappa shape index (κ1) is 18.0. The van der Waals surface area contributed by atoms with E-state index < -0.39 is 11.9 Å². The Balaban J connectivity index is 1.58. The molecule has 5 nitrogen and oxygen atoms in total. The van der Waals surface area contributed by atoms with Crippen molar-refractivity contribution >= 4 is 11.5 Å². The second kappa shape index (κ2) is 6.50. The minimum Gasteiger partial charge on any atom is -0.371 e. The fourth-order valence-electron chi connectivity index (χ4n) is 4.10. The molecule has 0 spiro atoms. The Kier molecular flexibility index (Phi) is 4.04. The third-order valence-electron chi connectivity index (χ3n) is 5.60. The summed E-state index contributed by atoms with van der Waals surface area (Å²) in [4.78, 5) is 7.87. The second-order valence-electron chi connectivity index (χ2n) is 7.59. The van der Waals surface area contributed by atoms with Crippen molar-refractivity contribution in [2.45, 2.75) is 25.6 Å². The van der Waals surface area contributed by atoms with Crippen LogP contribution in [0.4, 0.5) is 24.7 Å². The predicted molar refractivity (Wildman–Crippen MR) is 105 cm³/mol. The number of hydrogen-bond acceptors (Lipinski definition) is 4. The summed E-state index contributed by atoms with van der Waals surface area (Å²) in [6.45, 7) is 2.82. The van der Waals surface area contributed by atoms with Crippen molar-refractivity contribution in [3.63, 3.8) is 0 Å². The fraction of sp³-hybridized carbons (Fsp3) is 0.333. The molecule has 150 valence electrons. The van der Waals surface area contributed by atoms with Crippen LogP contribution in [0.25, 0.3) is 16.9 Å². The molecule has 0 N–H and O–H groups in total. The maximum Gasteiger partial charge on any atom is 0.433 e. The third-order valence-corrected chi connectivity index (χ3v) is 5.60. The molecular weight excluding hydrogens is 379 g/mol. The van der Waals surface area contributed by atoms with Crippen molar-refractivity contribution in [2.75, 3.05) is 29.9 Å². The molecule has 0 atom stereocenters. The minimum absolute atomic E-state index is 0.403. The number of alkyl halides is 3. The molecule has 1 aromatic carbocycles. The number of pyridine rings is 1. The van der Waals surface area contributed by atoms with Gasteiger partial charge in [0.25, 0.3) is 0 Å². The number of aromatic nitrogens is 3. The first-order chi connectivity index (χ1) is 13.9. The van der Waals surface area contributed by atoms with E-state index in [2.05, 4.69) is 38.1 Å². The van der Waals surface area contributed by atoms with Gasteiger partial charge in [-0.15, -0.1) is 0 Å². The SMILES string of the molecule is CN1Cc2ccc(N3CCCC3)cc2-n2nc(-c3ccnc(C(F)(F)F)c3)cc21. The Morgan fingerprint density at radius 2 is 1.79 bits per heavy atom. The molecule has 0 saturated carbocycles. The Bertz CT molecular complexity index is 1070. The Hall–Kier alpha value is -3.03. The van der Waals surface area contributed by atoms with Gasteiger partial charge in [0.2, 0.25) is 0 Å². The average molecular weight is 399 g/mol. The largest absolute Gasteiger partial charge is 0.433 e. The van der Waals surface area contributed by atoms with E-state index in [-0.39, 0.29) is 0 Å². The summed E-state index contributed by atoms with van der Waals surface area (Å²) in [7, 11) is 1.96. The van der Waals surface area contributed by atoms with Crippen LogP contribution in [0.1, 0.15) is 24.1 Å². The lowest BCUT2D eigenvalue weighted by Crippen LogP contribution is -2.26. The van der Waals surface area contributed by atoms with Crippen LogP contribution >= 0.6 is 0 Å². The number of benzene rings is 1. The lowest BCUT2D eigenvalue weighted by molar-refractivity contribution is -0.141. The first-order valence-corrected chi connectivity index (χ1v) is 9.63. The highest BCUT2D eigenvalue weighted by atomic mass is 19.4. The number of halogens is 3. The van der Waals surface area contributed by atoms with Gasteiger partial charge in [0.15, 0.2) is 0 Å². The quantitative estimate of drug-likeness (QED) is 0.636. The summed E-state index contributed by atoms with van der Waals surface area (Å²) in [5.41, 5.74) is 3.28. The van der Waals surface area contributed by atoms with Crippen LogP contribution in [0.3, 0.4) is 0 Å². The number of fused-ring (bicyclic) bond motifs is 3. The van der Waals surface area contributed by atoms with E-state index in [9.17, 15) is 13.2 Å². The van der Waals surface area contributed by atoms with E-state index in [1.54, 1.807) is 6.07 Å². The number of hydrogen-bond donors (Lipinski definition) is 0. The zero-order valence-electron chi connectivity index (χ0n) is 15.9. The van der Waals surface area contributed by atoms with E-state index in [0.717, 1.165) is 48.5 Å². The van der Waals surface area contributed by atoms with Crippen molar-refractivity contribution in [1.82, 2.24) is 14.8 Å². The van der Waals surface area contributed by atoms with Crippen LogP contribution < -0.4 is 9.80 Å².